The summed E-state index contributed by atoms with van der Waals surface area (Å²) >= 11 is 28.5. The number of carbonyl (C=O) groups excluding carboxylic acids is 1. The molecule has 0 aliphatic heterocycles. The standard InChI is InChI=1S/C15H8Cl2F6N4O2.C11H4Cl3F6N3/c1-2-29-13(28)25-12-7(5-24)11(15(21,22)23)26-27(12)10-8(16)3-6(4-9(10)17)14(18,19)20;12-4-1-3(10(15,16)17)2-5(13)7(4)23-9(21)6(14)8(22-23)11(18,19)20/h3-4H,2H2,1H3,(H,25,28);1-2H,21H2. The van der Waals surface area contributed by atoms with Gasteiger partial charge in [0.1, 0.15) is 33.8 Å². The predicted molar refractivity (Wildman–Crippen MR) is 162 cm³/mol. The van der Waals surface area contributed by atoms with E-state index in [-0.39, 0.29) is 6.61 Å². The van der Waals surface area contributed by atoms with Crippen LogP contribution in [0.4, 0.5) is 69.1 Å². The van der Waals surface area contributed by atoms with Crippen molar-refractivity contribution in [3.05, 3.63) is 77.5 Å². The minimum absolute atomic E-state index is 0.157. The maximum absolute atomic E-state index is 13.3. The van der Waals surface area contributed by atoms with Gasteiger partial charge in [0, 0.05) is 0 Å². The van der Waals surface area contributed by atoms with Gasteiger partial charge in [-0.2, -0.15) is 68.1 Å². The Morgan fingerprint density at radius 2 is 1.13 bits per heavy atom. The van der Waals surface area contributed by atoms with Crippen molar-refractivity contribution in [2.75, 3.05) is 17.7 Å². The highest BCUT2D eigenvalue weighted by molar-refractivity contribution is 6.39. The van der Waals surface area contributed by atoms with Gasteiger partial charge in [0.2, 0.25) is 0 Å². The molecule has 2 aromatic heterocycles. The molecule has 2 aromatic carbocycles. The van der Waals surface area contributed by atoms with Crippen LogP contribution in [0.5, 0.6) is 0 Å². The zero-order valence-electron chi connectivity index (χ0n) is 24.6. The summed E-state index contributed by atoms with van der Waals surface area (Å²) in [6.07, 6.45) is -20.9. The molecule has 282 valence electrons. The summed E-state index contributed by atoms with van der Waals surface area (Å²) < 4.78 is 160. The molecule has 52 heavy (non-hydrogen) atoms. The fourth-order valence-electron chi connectivity index (χ4n) is 3.89. The molecular formula is C26H12Cl5F12N7O2. The molecule has 0 saturated carbocycles. The van der Waals surface area contributed by atoms with Gasteiger partial charge < -0.3 is 10.5 Å². The summed E-state index contributed by atoms with van der Waals surface area (Å²) in [5, 5.41) is 13.8. The number of alkyl halides is 12. The summed E-state index contributed by atoms with van der Waals surface area (Å²) in [6.45, 7) is 1.25. The Labute approximate surface area is 306 Å². The summed E-state index contributed by atoms with van der Waals surface area (Å²) in [7, 11) is 0. The van der Waals surface area contributed by atoms with Crippen molar-refractivity contribution >= 4 is 75.7 Å². The molecule has 0 unspecified atom stereocenters. The van der Waals surface area contributed by atoms with Gasteiger partial charge in [-0.25, -0.2) is 14.2 Å². The van der Waals surface area contributed by atoms with E-state index in [9.17, 15) is 57.5 Å². The largest absolute Gasteiger partial charge is 0.450 e. The number of nitrogens with two attached hydrogens (primary N) is 1. The molecule has 0 aliphatic rings. The highest BCUT2D eigenvalue weighted by Gasteiger charge is 2.42. The molecule has 4 rings (SSSR count). The third kappa shape index (κ3) is 9.14. The van der Waals surface area contributed by atoms with Crippen molar-refractivity contribution in [3.8, 4) is 17.4 Å². The number of hydrogen-bond donors (Lipinski definition) is 2. The zero-order chi connectivity index (χ0) is 39.9. The summed E-state index contributed by atoms with van der Waals surface area (Å²) in [5.41, 5.74) is -2.41. The molecule has 0 aliphatic carbocycles. The number of rotatable bonds is 4. The van der Waals surface area contributed by atoms with Crippen LogP contribution in [0.15, 0.2) is 24.3 Å². The number of anilines is 2. The molecule has 1 amide bonds. The van der Waals surface area contributed by atoms with E-state index in [0.29, 0.717) is 33.6 Å². The Morgan fingerprint density at radius 3 is 1.46 bits per heavy atom. The number of halogens is 17. The molecule has 0 bridgehead atoms. The van der Waals surface area contributed by atoms with Crippen molar-refractivity contribution in [3.63, 3.8) is 0 Å². The number of ether oxygens (including phenoxy) is 1. The second-order valence-electron chi connectivity index (χ2n) is 9.47. The Bertz CT molecular complexity index is 2000. The number of nitriles is 1. The molecule has 3 N–H and O–H groups in total. The van der Waals surface area contributed by atoms with Crippen molar-refractivity contribution in [1.29, 1.82) is 5.26 Å². The second-order valence-corrected chi connectivity index (χ2v) is 11.5. The molecule has 2 heterocycles. The number of benzene rings is 2. The van der Waals surface area contributed by atoms with Gasteiger partial charge in [-0.05, 0) is 31.2 Å². The van der Waals surface area contributed by atoms with Crippen LogP contribution in [0.1, 0.15) is 35.0 Å². The predicted octanol–water partition coefficient (Wildman–Crippen LogP) is 11.1. The minimum atomic E-state index is -5.13. The maximum Gasteiger partial charge on any atom is 0.436 e. The second kappa shape index (κ2) is 15.2. The van der Waals surface area contributed by atoms with Crippen LogP contribution >= 0.6 is 58.0 Å². The number of nitrogens with one attached hydrogen (secondary N) is 1. The van der Waals surface area contributed by atoms with E-state index >= 15 is 0 Å². The van der Waals surface area contributed by atoms with E-state index in [1.54, 1.807) is 0 Å². The van der Waals surface area contributed by atoms with Crippen LogP contribution in [0.2, 0.25) is 25.1 Å². The van der Waals surface area contributed by atoms with Crippen LogP contribution in [0.3, 0.4) is 0 Å². The number of hydrogen-bond acceptors (Lipinski definition) is 6. The van der Waals surface area contributed by atoms with E-state index in [2.05, 4.69) is 14.9 Å². The summed E-state index contributed by atoms with van der Waals surface area (Å²) in [4.78, 5) is 11.7. The third-order valence-electron chi connectivity index (χ3n) is 6.00. The Hall–Kier alpha value is -3.97. The van der Waals surface area contributed by atoms with Crippen LogP contribution in [-0.2, 0) is 29.4 Å². The average molecular weight is 860 g/mol. The lowest BCUT2D eigenvalue weighted by atomic mass is 10.2. The zero-order valence-corrected chi connectivity index (χ0v) is 28.4. The quantitative estimate of drug-likeness (QED) is 0.197. The van der Waals surface area contributed by atoms with E-state index < -0.39 is 107 Å². The number of nitrogens with zero attached hydrogens (tertiary/aromatic N) is 5. The molecule has 0 saturated heterocycles. The first-order valence-corrected chi connectivity index (χ1v) is 14.8. The lowest BCUT2D eigenvalue weighted by Crippen LogP contribution is -2.17. The molecular weight excluding hydrogens is 848 g/mol. The number of aromatic nitrogens is 4. The lowest BCUT2D eigenvalue weighted by molar-refractivity contribution is -0.142. The first-order valence-electron chi connectivity index (χ1n) is 12.9. The van der Waals surface area contributed by atoms with Gasteiger partial charge in [-0.1, -0.05) is 58.0 Å². The highest BCUT2D eigenvalue weighted by Crippen LogP contribution is 2.43. The topological polar surface area (TPSA) is 124 Å². The first-order chi connectivity index (χ1) is 23.6. The van der Waals surface area contributed by atoms with Crippen LogP contribution < -0.4 is 11.1 Å². The van der Waals surface area contributed by atoms with Crippen LogP contribution in [-0.4, -0.2) is 32.3 Å². The maximum atomic E-state index is 13.3. The van der Waals surface area contributed by atoms with Crippen LogP contribution in [0.25, 0.3) is 11.4 Å². The Kier molecular flexibility index (Phi) is 12.4. The average Bonchev–Trinajstić information content (AvgIpc) is 3.48. The minimum Gasteiger partial charge on any atom is -0.450 e. The normalized spacial score (nSPS) is 12.2. The molecule has 9 nitrogen and oxygen atoms in total. The fourth-order valence-corrected chi connectivity index (χ4v) is 5.41. The fraction of sp³-hybridized carbons (Fsp3) is 0.231. The van der Waals surface area contributed by atoms with Gasteiger partial charge in [0.15, 0.2) is 17.2 Å². The molecule has 4 aromatic rings. The monoisotopic (exact) mass is 857 g/mol. The SMILES string of the molecule is CCOC(=O)Nc1c(C#N)c(C(F)(F)F)nn1-c1c(Cl)cc(C(F)(F)F)cc1Cl.Nc1c(Cl)c(C(F)(F)F)nn1-c1c(Cl)cc(C(F)(F)F)cc1Cl. The third-order valence-corrected chi connectivity index (χ3v) is 7.53. The van der Waals surface area contributed by atoms with Crippen molar-refractivity contribution in [1.82, 2.24) is 19.6 Å². The number of carbonyl (C=O) groups is 1. The Morgan fingerprint density at radius 1 is 0.750 bits per heavy atom. The molecule has 0 spiro atoms. The van der Waals surface area contributed by atoms with Crippen molar-refractivity contribution < 1.29 is 62.2 Å². The van der Waals surface area contributed by atoms with Crippen molar-refractivity contribution in [2.45, 2.75) is 31.6 Å². The molecule has 0 radical (unpaired) electrons. The number of nitrogen functional groups attached to an aromatic ring is 1. The van der Waals surface area contributed by atoms with E-state index in [0.717, 1.165) is 0 Å². The number of amides is 1. The van der Waals surface area contributed by atoms with E-state index in [1.165, 1.54) is 13.0 Å². The highest BCUT2D eigenvalue weighted by atomic mass is 35.5. The first kappa shape index (κ1) is 42.4. The lowest BCUT2D eigenvalue weighted by Gasteiger charge is -2.14. The van der Waals surface area contributed by atoms with Gasteiger partial charge in [-0.15, -0.1) is 0 Å². The van der Waals surface area contributed by atoms with Gasteiger partial charge in [-0.3, -0.25) is 5.32 Å². The Balaban J connectivity index is 0.000000288. The molecule has 0 fully saturated rings. The van der Waals surface area contributed by atoms with Gasteiger partial charge in [0.05, 0.1) is 37.8 Å². The van der Waals surface area contributed by atoms with E-state index in [4.69, 9.17) is 69.0 Å². The summed E-state index contributed by atoms with van der Waals surface area (Å²) in [5.74, 6) is -1.50. The van der Waals surface area contributed by atoms with Gasteiger partial charge >= 0.3 is 30.8 Å². The molecule has 0 atom stereocenters. The smallest absolute Gasteiger partial charge is 0.436 e. The van der Waals surface area contributed by atoms with E-state index in [1.807, 2.05) is 5.32 Å². The molecule has 26 heteroatoms. The van der Waals surface area contributed by atoms with Gasteiger partial charge in [0.25, 0.3) is 0 Å². The van der Waals surface area contributed by atoms with Crippen LogP contribution in [0, 0.1) is 11.3 Å². The van der Waals surface area contributed by atoms with Crippen molar-refractivity contribution in [2.24, 2.45) is 0 Å². The summed E-state index contributed by atoms with van der Waals surface area (Å²) in [6, 6.07) is 3.05.